The lowest BCUT2D eigenvalue weighted by molar-refractivity contribution is -0.333. The van der Waals surface area contributed by atoms with E-state index < -0.39 is 305 Å². The fourth-order valence-electron chi connectivity index (χ4n) is 13.7. The summed E-state index contributed by atoms with van der Waals surface area (Å²) >= 11 is 14.2. The Bertz CT molecular complexity index is 4820. The van der Waals surface area contributed by atoms with Gasteiger partial charge < -0.3 is 153 Å². The van der Waals surface area contributed by atoms with E-state index in [1.54, 1.807) is 13.8 Å². The molecule has 0 spiro atoms. The zero-order valence-corrected chi connectivity index (χ0v) is 65.4. The summed E-state index contributed by atoms with van der Waals surface area (Å²) in [6.45, 7) is 5.04. The molecule has 1 unspecified atom stereocenters. The van der Waals surface area contributed by atoms with Crippen LogP contribution in [0.1, 0.15) is 118 Å². The minimum Gasteiger partial charge on any atom is -0.508 e. The van der Waals surface area contributed by atoms with Crippen molar-refractivity contribution in [3.63, 3.8) is 0 Å². The number of halogens is 2. The van der Waals surface area contributed by atoms with Gasteiger partial charge in [-0.3, -0.25) is 52.3 Å². The van der Waals surface area contributed by atoms with E-state index in [0.29, 0.717) is 0 Å². The van der Waals surface area contributed by atoms with Crippen molar-refractivity contribution in [2.45, 2.75) is 175 Å². The van der Waals surface area contributed by atoms with Crippen molar-refractivity contribution in [2.75, 3.05) is 13.7 Å². The molecule has 18 atom stereocenters. The maximum Gasteiger partial charge on any atom is 0.360 e. The van der Waals surface area contributed by atoms with E-state index in [1.807, 2.05) is 0 Å². The molecule has 46 heteroatoms. The quantitative estimate of drug-likeness (QED) is 0.0436. The van der Waals surface area contributed by atoms with Gasteiger partial charge in [0.1, 0.15) is 95.5 Å². The zero-order valence-electron chi connectivity index (χ0n) is 62.1. The molecule has 117 heavy (non-hydrogen) atoms. The highest BCUT2D eigenvalue weighted by molar-refractivity contribution is 7.70. The number of benzene rings is 5. The summed E-state index contributed by atoms with van der Waals surface area (Å²) < 4.78 is 62.1. The van der Waals surface area contributed by atoms with E-state index in [9.17, 15) is 109 Å². The number of aromatic hydroxyl groups is 3. The van der Waals surface area contributed by atoms with Crippen molar-refractivity contribution in [3.05, 3.63) is 117 Å². The number of aliphatic hydroxyl groups excluding tert-OH is 6. The number of aliphatic hydroxyl groups is 6. The van der Waals surface area contributed by atoms with Crippen LogP contribution in [-0.2, 0) is 71.3 Å². The van der Waals surface area contributed by atoms with Crippen molar-refractivity contribution >= 4 is 97.5 Å². The third kappa shape index (κ3) is 20.1. The lowest BCUT2D eigenvalue weighted by atomic mass is 9.86. The predicted molar refractivity (Wildman–Crippen MR) is 398 cm³/mol. The number of fused-ring (bicyclic) bond motifs is 15. The van der Waals surface area contributed by atoms with Gasteiger partial charge >= 0.3 is 21.2 Å². The summed E-state index contributed by atoms with van der Waals surface area (Å²) in [5.41, 5.74) is 4.33. The van der Waals surface area contributed by atoms with Crippen LogP contribution in [0, 0.1) is 5.92 Å². The van der Waals surface area contributed by atoms with Gasteiger partial charge in [0, 0.05) is 54.6 Å². The Morgan fingerprint density at radius 2 is 1.28 bits per heavy atom. The number of rotatable bonds is 19. The van der Waals surface area contributed by atoms with Crippen LogP contribution in [0.2, 0.25) is 10.0 Å². The van der Waals surface area contributed by atoms with Crippen molar-refractivity contribution in [1.29, 1.82) is 0 Å². The molecule has 0 aliphatic carbocycles. The second-order valence-corrected chi connectivity index (χ2v) is 33.6. The molecule has 9 amide bonds. The Hall–Kier alpha value is -9.92. The number of carbonyl (C=O) groups is 10. The smallest absolute Gasteiger partial charge is 0.360 e. The minimum atomic E-state index is -5.72. The lowest BCUT2D eigenvalue weighted by Crippen LogP contribution is -2.64. The lowest BCUT2D eigenvalue weighted by Gasteiger charge is -2.47. The number of carboxylic acids is 1. The summed E-state index contributed by atoms with van der Waals surface area (Å²) in [5.74, 6) is -20.9. The molecule has 11 bridgehead atoms. The number of aliphatic carboxylic acids is 1. The highest BCUT2D eigenvalue weighted by atomic mass is 35.5. The van der Waals surface area contributed by atoms with Gasteiger partial charge in [-0.25, -0.2) is 4.79 Å². The highest BCUT2D eigenvalue weighted by Gasteiger charge is 2.52. The van der Waals surface area contributed by atoms with Gasteiger partial charge in [-0.05, 0) is 103 Å². The number of primary amides is 1. The summed E-state index contributed by atoms with van der Waals surface area (Å²) in [6, 6.07) is -3.34. The van der Waals surface area contributed by atoms with Crippen molar-refractivity contribution in [2.24, 2.45) is 17.4 Å². The van der Waals surface area contributed by atoms with Crippen LogP contribution in [-0.4, -0.2) is 233 Å². The largest absolute Gasteiger partial charge is 0.508 e. The fraction of sp³-hybridized carbons (Fsp3) is 0.437. The second kappa shape index (κ2) is 35.7. The summed E-state index contributed by atoms with van der Waals surface area (Å²) in [5, 5.41) is 129. The number of phenols is 3. The molecule has 7 heterocycles. The first-order chi connectivity index (χ1) is 54.6. The monoisotopic (exact) mass is 1720 g/mol. The van der Waals surface area contributed by atoms with Gasteiger partial charge in [-0.2, -0.15) is 0 Å². The average molecular weight is 1720 g/mol. The third-order valence-corrected chi connectivity index (χ3v) is 23.7. The van der Waals surface area contributed by atoms with E-state index in [1.165, 1.54) is 19.2 Å². The van der Waals surface area contributed by atoms with Crippen LogP contribution in [0.3, 0.4) is 0 Å². The first-order valence-corrected chi connectivity index (χ1v) is 39.7. The number of amides is 9. The Balaban J connectivity index is 1.18. The highest BCUT2D eigenvalue weighted by Crippen LogP contribution is 2.58. The molecule has 2 saturated heterocycles. The maximum absolute atomic E-state index is 16.2. The summed E-state index contributed by atoms with van der Waals surface area (Å²) in [6.07, 6.45) is -22.1. The molecule has 0 saturated carbocycles. The SMILES string of the molecule is CC(C)C[C@H](C(=O)N[C@H]1C(=O)N[C@@H](CC(N)=O)C(=O)N[C@H]2C(=O)N[C@H]3C(=O)N[C@H](C(=O)N[C@H](C(=O)O)c4cc(O)cc(O)c4-c4cc3ccc4O)[C@H](O)c3ccc(c(Cl)c3)Oc3cc2cc(c3OC2O[C@H](CO)[C@@H](O)[C@H](O)[C@H]2O[C@H]2C[C@](C)(N)[C@@H](O)[C@H](C)O2)Oc2ccc(cc2Cl)[C@H]1O)N(C)C(=O)CCC(=O)NC(P(=O)(O)O)P(=O)(O)O. The second-order valence-electron chi connectivity index (χ2n) is 29.0. The number of nitrogens with zero attached hydrogens (tertiary/aromatic N) is 1. The van der Waals surface area contributed by atoms with Crippen LogP contribution in [0.25, 0.3) is 11.1 Å². The number of ether oxygens (including phenoxy) is 6. The predicted octanol–water partition coefficient (Wildman–Crippen LogP) is -1.12. The molecule has 634 valence electrons. The normalized spacial score (nSPS) is 27.3. The molecule has 2 fully saturated rings. The van der Waals surface area contributed by atoms with Crippen LogP contribution >= 0.6 is 38.4 Å². The first kappa shape index (κ1) is 89.4. The van der Waals surface area contributed by atoms with Gasteiger partial charge in [-0.15, -0.1) is 0 Å². The molecule has 7 aliphatic heterocycles. The molecule has 5 aromatic carbocycles. The average Bonchev–Trinajstić information content (AvgIpc) is 0.765. The molecule has 0 radical (unpaired) electrons. The van der Waals surface area contributed by atoms with Gasteiger partial charge in [0.05, 0.1) is 35.3 Å². The number of phenolic OH excluding ortho intramolecular Hbond substituents is 3. The van der Waals surface area contributed by atoms with E-state index in [2.05, 4.69) is 31.9 Å². The van der Waals surface area contributed by atoms with Crippen molar-refractivity contribution < 1.29 is 156 Å². The van der Waals surface area contributed by atoms with Gasteiger partial charge in [0.2, 0.25) is 70.7 Å². The van der Waals surface area contributed by atoms with E-state index in [4.69, 9.17) is 63.1 Å². The first-order valence-electron chi connectivity index (χ1n) is 35.6. The van der Waals surface area contributed by atoms with E-state index in [-0.39, 0.29) is 24.0 Å². The van der Waals surface area contributed by atoms with Gasteiger partial charge in [-0.1, -0.05) is 55.2 Å². The third-order valence-electron chi connectivity index (χ3n) is 19.8. The molecule has 0 aromatic heterocycles. The van der Waals surface area contributed by atoms with Crippen molar-refractivity contribution in [1.82, 2.24) is 42.1 Å². The van der Waals surface area contributed by atoms with Crippen LogP contribution in [0.15, 0.2) is 78.9 Å². The standard InChI is InChI=1S/C71H84Cl2N10O32P2/c1-25(2)14-37(83(5)47(90)13-12-46(89)77-70(116(104,105)106)117(107,108)109)63(97)81-53-55(91)28-7-10-40(34(72)16-28)111-42-18-30-19-43(59(42)115-69-60(58(94)57(93)44(24-84)113-69)114-48-23-71(4,75)61(95)26(3)110-48)112-41-11-8-29(17-35(41)73)56(92)54-67(101)80-52(68(102)103)33-20-31(85)21-39(87)49(33)32-15-27(6-9-38(32)86)50(64(98)82-54)79-65(99)51(30)78-62(96)36(22-45(74)88)76-66(53)100/h6-11,15-21,25-26,36-37,44,48,50-58,60-61,69-70,84-87,91-95H,12-14,22-24,75H2,1-5H3,(H2,74,88)(H,76,100)(H,77,89)(H,78,96)(H,79,99)(H,80,101)(H,81,97)(H,82,98)(H,102,103)(H2,104,105,106)(H2,107,108,109)/t26-,36-,37+,44+,48-,50+,51+,52-,53+,54-,55+,56+,57+,58-,60+,61-,69?,71-/m0/s1. The Morgan fingerprint density at radius 1 is 0.701 bits per heavy atom. The number of likely N-dealkylation sites (N-methyl/N-ethyl adjacent to an activating group) is 1. The number of hydrogen-bond acceptors (Lipinski definition) is 28. The molecule has 42 nitrogen and oxygen atoms in total. The van der Waals surface area contributed by atoms with E-state index in [0.717, 1.165) is 90.8 Å². The van der Waals surface area contributed by atoms with Crippen molar-refractivity contribution in [3.8, 4) is 57.1 Å². The molecular weight excluding hydrogens is 1640 g/mol. The molecular formula is C71H84Cl2N10O32P2. The van der Waals surface area contributed by atoms with Crippen LogP contribution in [0.5, 0.6) is 46.0 Å². The van der Waals surface area contributed by atoms with Crippen LogP contribution in [0.4, 0.5) is 0 Å². The van der Waals surface area contributed by atoms with Gasteiger partial charge in [0.15, 0.2) is 29.9 Å². The Kier molecular flexibility index (Phi) is 27.3. The molecule has 5 aromatic rings. The van der Waals surface area contributed by atoms with Gasteiger partial charge in [0.25, 0.3) is 0 Å². The fourth-order valence-corrected chi connectivity index (χ4v) is 16.3. The number of nitrogens with two attached hydrogens (primary N) is 2. The molecule has 12 rings (SSSR count). The number of carboxylic acid groups (broad SMARTS) is 1. The summed E-state index contributed by atoms with van der Waals surface area (Å²) in [7, 11) is -10.4. The number of nitrogens with one attached hydrogen (secondary N) is 7. The number of hydrogen-bond donors (Lipinski definition) is 23. The summed E-state index contributed by atoms with van der Waals surface area (Å²) in [4.78, 5) is 185. The molecule has 7 aliphatic rings. The Morgan fingerprint density at radius 3 is 1.85 bits per heavy atom. The molecule has 25 N–H and O–H groups in total. The maximum atomic E-state index is 16.2. The zero-order chi connectivity index (χ0) is 86.3. The Labute approximate surface area is 672 Å². The number of carbonyl (C=O) groups excluding carboxylic acids is 9. The minimum absolute atomic E-state index is 0.294. The topological polar surface area (TPSA) is 683 Å². The van der Waals surface area contributed by atoms with Crippen LogP contribution < -0.4 is 62.9 Å². The van der Waals surface area contributed by atoms with E-state index >= 15 is 19.2 Å².